The lowest BCUT2D eigenvalue weighted by molar-refractivity contribution is 0.135. The van der Waals surface area contributed by atoms with E-state index < -0.39 is 0 Å². The van der Waals surface area contributed by atoms with Gasteiger partial charge in [-0.05, 0) is 47.3 Å². The molecule has 0 amide bonds. The second-order valence-corrected chi connectivity index (χ2v) is 5.64. The first-order chi connectivity index (χ1) is 8.00. The van der Waals surface area contributed by atoms with Crippen molar-refractivity contribution in [3.05, 3.63) is 0 Å². The first-order valence-electron chi connectivity index (χ1n) is 6.81. The highest BCUT2D eigenvalue weighted by Gasteiger charge is 2.25. The molecule has 0 aromatic heterocycles. The van der Waals surface area contributed by atoms with Crippen molar-refractivity contribution < 1.29 is 5.11 Å². The Morgan fingerprint density at radius 3 is 2.41 bits per heavy atom. The minimum Gasteiger partial charge on any atom is -0.391 e. The number of rotatable bonds is 7. The largest absolute Gasteiger partial charge is 0.391 e. The Kier molecular flexibility index (Phi) is 6.41. The minimum absolute atomic E-state index is 0.141. The van der Waals surface area contributed by atoms with Crippen molar-refractivity contribution in [2.24, 2.45) is 0 Å². The van der Waals surface area contributed by atoms with Gasteiger partial charge in [-0.3, -0.25) is 4.90 Å². The number of aliphatic hydroxyl groups is 1. The summed E-state index contributed by atoms with van der Waals surface area (Å²) in [6.45, 7) is 8.72. The van der Waals surface area contributed by atoms with Gasteiger partial charge in [0, 0.05) is 31.7 Å². The normalized spacial score (nSPS) is 25.4. The minimum atomic E-state index is -0.141. The fourth-order valence-corrected chi connectivity index (χ4v) is 2.31. The van der Waals surface area contributed by atoms with Crippen LogP contribution < -0.4 is 5.32 Å². The summed E-state index contributed by atoms with van der Waals surface area (Å²) < 4.78 is 0. The van der Waals surface area contributed by atoms with Gasteiger partial charge in [0.15, 0.2) is 0 Å². The molecule has 2 unspecified atom stereocenters. The average molecular weight is 243 g/mol. The zero-order valence-corrected chi connectivity index (χ0v) is 11.8. The predicted octanol–water partition coefficient (Wildman–Crippen LogP) is 0.371. The Morgan fingerprint density at radius 2 is 1.94 bits per heavy atom. The van der Waals surface area contributed by atoms with Crippen LogP contribution in [-0.4, -0.2) is 73.4 Å². The molecule has 1 fully saturated rings. The number of nitrogens with zero attached hydrogens (tertiary/aromatic N) is 2. The fourth-order valence-electron chi connectivity index (χ4n) is 2.31. The van der Waals surface area contributed by atoms with E-state index in [2.05, 4.69) is 43.1 Å². The number of hydrogen-bond donors (Lipinski definition) is 2. The summed E-state index contributed by atoms with van der Waals surface area (Å²) >= 11 is 0. The van der Waals surface area contributed by atoms with Gasteiger partial charge in [-0.25, -0.2) is 0 Å². The van der Waals surface area contributed by atoms with Gasteiger partial charge in [0.1, 0.15) is 0 Å². The molecule has 1 heterocycles. The van der Waals surface area contributed by atoms with E-state index in [1.807, 2.05) is 0 Å². The molecule has 0 bridgehead atoms. The van der Waals surface area contributed by atoms with Gasteiger partial charge in [-0.2, -0.15) is 0 Å². The van der Waals surface area contributed by atoms with Crippen LogP contribution in [0.1, 0.15) is 26.7 Å². The smallest absolute Gasteiger partial charge is 0.0705 e. The van der Waals surface area contributed by atoms with Gasteiger partial charge in [-0.1, -0.05) is 0 Å². The number of likely N-dealkylation sites (N-methyl/N-ethyl adjacent to an activating group) is 1. The van der Waals surface area contributed by atoms with Crippen LogP contribution >= 0.6 is 0 Å². The number of nitrogens with one attached hydrogen (secondary N) is 1. The molecule has 0 radical (unpaired) electrons. The summed E-state index contributed by atoms with van der Waals surface area (Å²) in [5.74, 6) is 0. The topological polar surface area (TPSA) is 38.7 Å². The van der Waals surface area contributed by atoms with E-state index >= 15 is 0 Å². The summed E-state index contributed by atoms with van der Waals surface area (Å²) in [5.41, 5.74) is 0. The van der Waals surface area contributed by atoms with Crippen LogP contribution in [0, 0.1) is 0 Å². The van der Waals surface area contributed by atoms with E-state index in [0.29, 0.717) is 12.1 Å². The van der Waals surface area contributed by atoms with E-state index in [0.717, 1.165) is 39.0 Å². The van der Waals surface area contributed by atoms with Crippen LogP contribution in [0.5, 0.6) is 0 Å². The highest BCUT2D eigenvalue weighted by molar-refractivity contribution is 4.84. The molecular weight excluding hydrogens is 214 g/mol. The third-order valence-corrected chi connectivity index (χ3v) is 3.60. The molecule has 4 heteroatoms. The Morgan fingerprint density at radius 1 is 1.24 bits per heavy atom. The van der Waals surface area contributed by atoms with Crippen molar-refractivity contribution in [3.8, 4) is 0 Å². The summed E-state index contributed by atoms with van der Waals surface area (Å²) in [5, 5.41) is 13.1. The van der Waals surface area contributed by atoms with Crippen LogP contribution in [0.4, 0.5) is 0 Å². The fraction of sp³-hybridized carbons (Fsp3) is 1.00. The van der Waals surface area contributed by atoms with Crippen molar-refractivity contribution >= 4 is 0 Å². The molecule has 0 aromatic rings. The molecule has 0 aromatic carbocycles. The Labute approximate surface area is 106 Å². The molecule has 4 nitrogen and oxygen atoms in total. The van der Waals surface area contributed by atoms with Crippen molar-refractivity contribution in [2.45, 2.75) is 44.9 Å². The van der Waals surface area contributed by atoms with Gasteiger partial charge in [0.25, 0.3) is 0 Å². The standard InChI is InChI=1S/C13H29N3O/c1-11(2)16(10-9-15(3)4)8-6-12-13(17)5-7-14-12/h11-14,17H,5-10H2,1-4H3. The molecule has 0 spiro atoms. The van der Waals surface area contributed by atoms with Crippen molar-refractivity contribution in [1.29, 1.82) is 0 Å². The summed E-state index contributed by atoms with van der Waals surface area (Å²) in [7, 11) is 4.22. The molecule has 2 N–H and O–H groups in total. The zero-order valence-electron chi connectivity index (χ0n) is 11.8. The van der Waals surface area contributed by atoms with Gasteiger partial charge in [0.2, 0.25) is 0 Å². The van der Waals surface area contributed by atoms with Crippen LogP contribution in [0.25, 0.3) is 0 Å². The first kappa shape index (κ1) is 14.9. The van der Waals surface area contributed by atoms with E-state index in [1.54, 1.807) is 0 Å². The Bertz CT molecular complexity index is 209. The maximum atomic E-state index is 9.77. The lowest BCUT2D eigenvalue weighted by Gasteiger charge is -2.29. The molecule has 1 aliphatic rings. The molecule has 2 atom stereocenters. The van der Waals surface area contributed by atoms with Crippen LogP contribution in [0.15, 0.2) is 0 Å². The maximum Gasteiger partial charge on any atom is 0.0705 e. The average Bonchev–Trinajstić information content (AvgIpc) is 2.63. The van der Waals surface area contributed by atoms with Crippen molar-refractivity contribution in [1.82, 2.24) is 15.1 Å². The maximum absolute atomic E-state index is 9.77. The molecule has 0 aliphatic carbocycles. The molecule has 1 rings (SSSR count). The molecule has 0 saturated carbocycles. The number of hydrogen-bond acceptors (Lipinski definition) is 4. The predicted molar refractivity (Wildman–Crippen MR) is 72.3 cm³/mol. The van der Waals surface area contributed by atoms with Crippen LogP contribution in [0.2, 0.25) is 0 Å². The van der Waals surface area contributed by atoms with E-state index in [-0.39, 0.29) is 6.10 Å². The second-order valence-electron chi connectivity index (χ2n) is 5.64. The molecule has 17 heavy (non-hydrogen) atoms. The first-order valence-corrected chi connectivity index (χ1v) is 6.81. The lowest BCUT2D eigenvalue weighted by Crippen LogP contribution is -2.41. The summed E-state index contributed by atoms with van der Waals surface area (Å²) in [6, 6.07) is 0.879. The Balaban J connectivity index is 2.28. The monoisotopic (exact) mass is 243 g/mol. The zero-order chi connectivity index (χ0) is 12.8. The summed E-state index contributed by atoms with van der Waals surface area (Å²) in [4.78, 5) is 4.71. The van der Waals surface area contributed by atoms with Gasteiger partial charge in [-0.15, -0.1) is 0 Å². The van der Waals surface area contributed by atoms with Gasteiger partial charge >= 0.3 is 0 Å². The van der Waals surface area contributed by atoms with Crippen molar-refractivity contribution in [2.75, 3.05) is 40.3 Å². The molecule has 102 valence electrons. The molecular formula is C13H29N3O. The SMILES string of the molecule is CC(C)N(CCC1NCCC1O)CCN(C)C. The van der Waals surface area contributed by atoms with Crippen LogP contribution in [0.3, 0.4) is 0 Å². The van der Waals surface area contributed by atoms with Gasteiger partial charge < -0.3 is 15.3 Å². The van der Waals surface area contributed by atoms with E-state index in [4.69, 9.17) is 0 Å². The van der Waals surface area contributed by atoms with Crippen molar-refractivity contribution in [3.63, 3.8) is 0 Å². The van der Waals surface area contributed by atoms with Crippen LogP contribution in [-0.2, 0) is 0 Å². The highest BCUT2D eigenvalue weighted by Crippen LogP contribution is 2.11. The lowest BCUT2D eigenvalue weighted by atomic mass is 10.1. The summed E-state index contributed by atoms with van der Waals surface area (Å²) in [6.07, 6.45) is 1.81. The quantitative estimate of drug-likeness (QED) is 0.678. The highest BCUT2D eigenvalue weighted by atomic mass is 16.3. The van der Waals surface area contributed by atoms with Gasteiger partial charge in [0.05, 0.1) is 6.10 Å². The third-order valence-electron chi connectivity index (χ3n) is 3.60. The van der Waals surface area contributed by atoms with E-state index in [1.165, 1.54) is 0 Å². The molecule has 1 aliphatic heterocycles. The van der Waals surface area contributed by atoms with E-state index in [9.17, 15) is 5.11 Å². The Hall–Kier alpha value is -0.160. The molecule has 1 saturated heterocycles. The number of aliphatic hydroxyl groups excluding tert-OH is 1. The third kappa shape index (κ3) is 5.34. The second kappa shape index (κ2) is 7.31.